The number of rotatable bonds is 5. The van der Waals surface area contributed by atoms with Crippen LogP contribution in [-0.2, 0) is 11.3 Å². The van der Waals surface area contributed by atoms with Crippen molar-refractivity contribution in [3.8, 4) is 5.75 Å². The first kappa shape index (κ1) is 18.1. The number of benzene rings is 2. The van der Waals surface area contributed by atoms with Crippen molar-refractivity contribution in [2.45, 2.75) is 6.54 Å². The number of nitrogens with zero attached hydrogens (tertiary/aromatic N) is 2. The molecule has 132 valence electrons. The lowest BCUT2D eigenvalue weighted by Gasteiger charge is -2.14. The molecule has 3 rings (SSSR count). The zero-order valence-corrected chi connectivity index (χ0v) is 15.4. The van der Waals surface area contributed by atoms with E-state index < -0.39 is 4.92 Å². The van der Waals surface area contributed by atoms with Crippen LogP contribution in [0, 0.1) is 10.1 Å². The first-order valence-corrected chi connectivity index (χ1v) is 8.84. The van der Waals surface area contributed by atoms with E-state index in [1.165, 1.54) is 42.0 Å². The molecule has 0 spiro atoms. The van der Waals surface area contributed by atoms with E-state index in [4.69, 9.17) is 17.0 Å². The van der Waals surface area contributed by atoms with Crippen molar-refractivity contribution in [2.75, 3.05) is 7.11 Å². The van der Waals surface area contributed by atoms with Crippen molar-refractivity contribution in [1.82, 2.24) is 4.90 Å². The fourth-order valence-electron chi connectivity index (χ4n) is 2.49. The summed E-state index contributed by atoms with van der Waals surface area (Å²) in [6, 6.07) is 13.8. The number of carbonyl (C=O) groups excluding carboxylic acids is 1. The van der Waals surface area contributed by atoms with Gasteiger partial charge in [0.2, 0.25) is 0 Å². The number of nitro benzene ring substituents is 1. The van der Waals surface area contributed by atoms with Gasteiger partial charge in [-0.25, -0.2) is 0 Å². The zero-order valence-electron chi connectivity index (χ0n) is 13.7. The molecule has 1 aliphatic heterocycles. The van der Waals surface area contributed by atoms with Crippen molar-refractivity contribution < 1.29 is 14.5 Å². The molecule has 8 heteroatoms. The normalized spacial score (nSPS) is 15.6. The van der Waals surface area contributed by atoms with E-state index in [9.17, 15) is 14.9 Å². The number of ether oxygens (including phenoxy) is 1. The van der Waals surface area contributed by atoms with Crippen LogP contribution in [0.3, 0.4) is 0 Å². The number of hydrogen-bond acceptors (Lipinski definition) is 6. The number of carbonyl (C=O) groups is 1. The summed E-state index contributed by atoms with van der Waals surface area (Å²) in [5.74, 6) is 0.223. The second-order valence-electron chi connectivity index (χ2n) is 5.44. The van der Waals surface area contributed by atoms with E-state index in [2.05, 4.69) is 0 Å². The number of thiocarbonyl (C=S) groups is 1. The maximum absolute atomic E-state index is 12.7. The van der Waals surface area contributed by atoms with Crippen LogP contribution < -0.4 is 4.74 Å². The molecule has 1 aliphatic rings. The second-order valence-corrected chi connectivity index (χ2v) is 7.11. The Morgan fingerprint density at radius 1 is 1.27 bits per heavy atom. The van der Waals surface area contributed by atoms with Gasteiger partial charge in [-0.15, -0.1) is 0 Å². The van der Waals surface area contributed by atoms with Gasteiger partial charge in [0.15, 0.2) is 0 Å². The minimum atomic E-state index is -0.489. The van der Waals surface area contributed by atoms with Crippen molar-refractivity contribution in [2.24, 2.45) is 0 Å². The summed E-state index contributed by atoms with van der Waals surface area (Å²) < 4.78 is 5.69. The molecule has 0 aromatic heterocycles. The molecule has 0 unspecified atom stereocenters. The third kappa shape index (κ3) is 3.76. The highest BCUT2D eigenvalue weighted by Gasteiger charge is 2.32. The summed E-state index contributed by atoms with van der Waals surface area (Å²) in [7, 11) is 1.47. The van der Waals surface area contributed by atoms with Crippen molar-refractivity contribution >= 4 is 46.0 Å². The van der Waals surface area contributed by atoms with E-state index in [1.54, 1.807) is 6.08 Å². The van der Waals surface area contributed by atoms with Crippen LogP contribution in [0.5, 0.6) is 5.75 Å². The third-order valence-corrected chi connectivity index (χ3v) is 5.15. The van der Waals surface area contributed by atoms with Gasteiger partial charge in [0.1, 0.15) is 10.1 Å². The van der Waals surface area contributed by atoms with Crippen LogP contribution in [0.1, 0.15) is 11.1 Å². The minimum absolute atomic E-state index is 0.0724. The Morgan fingerprint density at radius 2 is 2.00 bits per heavy atom. The van der Waals surface area contributed by atoms with Crippen molar-refractivity contribution in [3.63, 3.8) is 0 Å². The lowest BCUT2D eigenvalue weighted by atomic mass is 10.1. The Labute approximate surface area is 159 Å². The Balaban J connectivity index is 1.90. The largest absolute Gasteiger partial charge is 0.496 e. The molecule has 1 fully saturated rings. The molecule has 0 aliphatic carbocycles. The minimum Gasteiger partial charge on any atom is -0.496 e. The van der Waals surface area contributed by atoms with Crippen LogP contribution in [0.15, 0.2) is 53.4 Å². The van der Waals surface area contributed by atoms with Gasteiger partial charge in [-0.1, -0.05) is 54.3 Å². The maximum atomic E-state index is 12.7. The molecule has 2 aromatic rings. The zero-order chi connectivity index (χ0) is 18.7. The number of methoxy groups -OCH3 is 1. The summed E-state index contributed by atoms with van der Waals surface area (Å²) in [5, 5.41) is 11.0. The first-order chi connectivity index (χ1) is 12.5. The van der Waals surface area contributed by atoms with Gasteiger partial charge in [0, 0.05) is 17.7 Å². The van der Waals surface area contributed by atoms with Gasteiger partial charge in [0.25, 0.3) is 11.6 Å². The Kier molecular flexibility index (Phi) is 5.34. The number of non-ortho nitro benzene ring substituents is 1. The molecule has 2 aromatic carbocycles. The van der Waals surface area contributed by atoms with Gasteiger partial charge in [0.05, 0.1) is 23.5 Å². The highest BCUT2D eigenvalue weighted by Crippen LogP contribution is 2.36. The predicted octanol–water partition coefficient (Wildman–Crippen LogP) is 4.00. The van der Waals surface area contributed by atoms with Gasteiger partial charge in [-0.2, -0.15) is 0 Å². The van der Waals surface area contributed by atoms with Crippen LogP contribution in [0.4, 0.5) is 5.69 Å². The third-order valence-electron chi connectivity index (χ3n) is 3.77. The van der Waals surface area contributed by atoms with Gasteiger partial charge in [-0.3, -0.25) is 19.8 Å². The molecular weight excluding hydrogens is 372 g/mol. The van der Waals surface area contributed by atoms with Crippen molar-refractivity contribution in [1.29, 1.82) is 0 Å². The lowest BCUT2D eigenvalue weighted by molar-refractivity contribution is -0.384. The SMILES string of the molecule is COc1ccc([N+](=O)[O-])cc1/C=C1\SC(=S)N(Cc2ccccc2)C1=O. The van der Waals surface area contributed by atoms with Gasteiger partial charge in [-0.05, 0) is 17.7 Å². The Bertz CT molecular complexity index is 913. The van der Waals surface area contributed by atoms with Gasteiger partial charge >= 0.3 is 0 Å². The van der Waals surface area contributed by atoms with Gasteiger partial charge < -0.3 is 4.74 Å². The lowest BCUT2D eigenvalue weighted by Crippen LogP contribution is -2.27. The van der Waals surface area contributed by atoms with Crippen molar-refractivity contribution in [3.05, 3.63) is 74.7 Å². The first-order valence-electron chi connectivity index (χ1n) is 7.61. The van der Waals surface area contributed by atoms with Crippen LogP contribution in [0.25, 0.3) is 6.08 Å². The molecule has 0 radical (unpaired) electrons. The number of hydrogen-bond donors (Lipinski definition) is 0. The summed E-state index contributed by atoms with van der Waals surface area (Å²) >= 11 is 6.50. The highest BCUT2D eigenvalue weighted by atomic mass is 32.2. The molecule has 1 heterocycles. The molecule has 6 nitrogen and oxygen atoms in total. The highest BCUT2D eigenvalue weighted by molar-refractivity contribution is 8.26. The van der Waals surface area contributed by atoms with Crippen LogP contribution >= 0.6 is 24.0 Å². The summed E-state index contributed by atoms with van der Waals surface area (Å²) in [6.07, 6.45) is 1.58. The summed E-state index contributed by atoms with van der Waals surface area (Å²) in [5.41, 5.74) is 1.36. The van der Waals surface area contributed by atoms with E-state index in [1.807, 2.05) is 30.3 Å². The molecule has 0 bridgehead atoms. The maximum Gasteiger partial charge on any atom is 0.270 e. The predicted molar refractivity (Wildman–Crippen MR) is 105 cm³/mol. The average Bonchev–Trinajstić information content (AvgIpc) is 2.90. The monoisotopic (exact) mass is 386 g/mol. The Hall–Kier alpha value is -2.71. The average molecular weight is 386 g/mol. The van der Waals surface area contributed by atoms with E-state index in [0.29, 0.717) is 27.1 Å². The van der Waals surface area contributed by atoms with E-state index >= 15 is 0 Å². The fraction of sp³-hybridized carbons (Fsp3) is 0.111. The van der Waals surface area contributed by atoms with Crippen LogP contribution in [-0.4, -0.2) is 27.2 Å². The number of amides is 1. The molecule has 0 atom stereocenters. The molecule has 1 saturated heterocycles. The second kappa shape index (κ2) is 7.67. The van der Waals surface area contributed by atoms with Crippen LogP contribution in [0.2, 0.25) is 0 Å². The quantitative estimate of drug-likeness (QED) is 0.335. The number of thioether (sulfide) groups is 1. The topological polar surface area (TPSA) is 72.7 Å². The number of nitro groups is 1. The Morgan fingerprint density at radius 3 is 2.65 bits per heavy atom. The summed E-state index contributed by atoms with van der Waals surface area (Å²) in [4.78, 5) is 25.2. The molecule has 0 N–H and O–H groups in total. The molecule has 0 saturated carbocycles. The fourth-order valence-corrected chi connectivity index (χ4v) is 3.74. The smallest absolute Gasteiger partial charge is 0.270 e. The van der Waals surface area contributed by atoms with E-state index in [0.717, 1.165) is 5.56 Å². The molecular formula is C18H14N2O4S2. The molecule has 1 amide bonds. The standard InChI is InChI=1S/C18H14N2O4S2/c1-24-15-8-7-14(20(22)23)9-13(15)10-16-17(21)19(18(25)26-16)11-12-5-3-2-4-6-12/h2-10H,11H2,1H3/b16-10-. The van der Waals surface area contributed by atoms with E-state index in [-0.39, 0.29) is 11.6 Å². The molecule has 26 heavy (non-hydrogen) atoms. The summed E-state index contributed by atoms with van der Waals surface area (Å²) in [6.45, 7) is 0.384.